The molecule has 3 nitrogen and oxygen atoms in total. The van der Waals surface area contributed by atoms with Gasteiger partial charge in [-0.2, -0.15) is 0 Å². The monoisotopic (exact) mass is 267 g/mol. The summed E-state index contributed by atoms with van der Waals surface area (Å²) in [5.74, 6) is 0.901. The van der Waals surface area contributed by atoms with E-state index in [1.54, 1.807) is 17.7 Å². The first-order chi connectivity index (χ1) is 9.40. The van der Waals surface area contributed by atoms with Crippen molar-refractivity contribution in [2.45, 2.75) is 19.3 Å². The number of nitrogens with one attached hydrogen (secondary N) is 1. The molecular weight excluding hydrogens is 254 g/mol. The molecule has 0 atom stereocenters. The van der Waals surface area contributed by atoms with E-state index in [1.165, 1.54) is 30.4 Å². The fourth-order valence-electron chi connectivity index (χ4n) is 2.66. The van der Waals surface area contributed by atoms with Gasteiger partial charge in [-0.3, -0.25) is 0 Å². The van der Waals surface area contributed by atoms with Crippen LogP contribution in [0.1, 0.15) is 17.5 Å². The zero-order valence-corrected chi connectivity index (χ0v) is 11.2. The first kappa shape index (κ1) is 10.9. The zero-order chi connectivity index (χ0) is 12.7. The fourth-order valence-corrected chi connectivity index (χ4v) is 3.45. The normalized spacial score (nSPS) is 13.7. The third kappa shape index (κ3) is 1.88. The molecule has 1 N–H and O–H groups in total. The number of hydrogen-bond donors (Lipinski definition) is 1. The largest absolute Gasteiger partial charge is 0.339 e. The Hall–Kier alpha value is -1.94. The van der Waals surface area contributed by atoms with Crippen LogP contribution < -0.4 is 5.32 Å². The summed E-state index contributed by atoms with van der Waals surface area (Å²) in [6.45, 7) is 0. The lowest BCUT2D eigenvalue weighted by molar-refractivity contribution is 0.912. The Morgan fingerprint density at radius 3 is 3.00 bits per heavy atom. The quantitative estimate of drug-likeness (QED) is 0.764. The van der Waals surface area contributed by atoms with Gasteiger partial charge in [0.2, 0.25) is 0 Å². The molecule has 0 aliphatic heterocycles. The summed E-state index contributed by atoms with van der Waals surface area (Å²) in [5.41, 5.74) is 5.09. The highest BCUT2D eigenvalue weighted by atomic mass is 32.1. The maximum atomic E-state index is 4.36. The van der Waals surface area contributed by atoms with Crippen molar-refractivity contribution in [2.24, 2.45) is 0 Å². The molecule has 3 aromatic rings. The van der Waals surface area contributed by atoms with Gasteiger partial charge in [-0.15, -0.1) is 11.3 Å². The second kappa shape index (κ2) is 4.31. The van der Waals surface area contributed by atoms with Crippen LogP contribution >= 0.6 is 11.3 Å². The van der Waals surface area contributed by atoms with E-state index >= 15 is 0 Å². The van der Waals surface area contributed by atoms with Gasteiger partial charge in [0.1, 0.15) is 6.33 Å². The number of rotatable bonds is 2. The molecule has 0 bridgehead atoms. The number of aromatic nitrogens is 2. The van der Waals surface area contributed by atoms with Gasteiger partial charge >= 0.3 is 0 Å². The lowest BCUT2D eigenvalue weighted by Crippen LogP contribution is -1.95. The van der Waals surface area contributed by atoms with E-state index in [9.17, 15) is 0 Å². The Bertz CT molecular complexity index is 748. The van der Waals surface area contributed by atoms with Crippen LogP contribution in [0.4, 0.5) is 11.5 Å². The molecule has 4 rings (SSSR count). The number of benzene rings is 1. The van der Waals surface area contributed by atoms with E-state index in [0.717, 1.165) is 21.7 Å². The first-order valence-electron chi connectivity index (χ1n) is 6.47. The second-order valence-corrected chi connectivity index (χ2v) is 5.74. The molecule has 1 aliphatic rings. The van der Waals surface area contributed by atoms with Gasteiger partial charge < -0.3 is 5.32 Å². The van der Waals surface area contributed by atoms with Crippen LogP contribution in [0, 0.1) is 0 Å². The summed E-state index contributed by atoms with van der Waals surface area (Å²) in [6, 6.07) is 8.66. The van der Waals surface area contributed by atoms with Crippen LogP contribution in [0.3, 0.4) is 0 Å². The van der Waals surface area contributed by atoms with Gasteiger partial charge in [0.25, 0.3) is 0 Å². The number of hydrogen-bond acceptors (Lipinski definition) is 4. The van der Waals surface area contributed by atoms with E-state index < -0.39 is 0 Å². The van der Waals surface area contributed by atoms with E-state index in [4.69, 9.17) is 0 Å². The molecule has 0 saturated heterocycles. The maximum absolute atomic E-state index is 4.36. The van der Waals surface area contributed by atoms with Crippen LogP contribution in [0.25, 0.3) is 10.2 Å². The predicted molar refractivity (Wildman–Crippen MR) is 79.2 cm³/mol. The highest BCUT2D eigenvalue weighted by Gasteiger charge is 2.11. The molecule has 1 aliphatic carbocycles. The average Bonchev–Trinajstić information content (AvgIpc) is 3.06. The van der Waals surface area contributed by atoms with Gasteiger partial charge in [0.15, 0.2) is 5.82 Å². The van der Waals surface area contributed by atoms with Gasteiger partial charge in [-0.05, 0) is 54.0 Å². The molecule has 94 valence electrons. The molecule has 0 saturated carbocycles. The highest BCUT2D eigenvalue weighted by molar-refractivity contribution is 7.17. The van der Waals surface area contributed by atoms with Gasteiger partial charge in [-0.25, -0.2) is 9.97 Å². The third-order valence-electron chi connectivity index (χ3n) is 3.60. The van der Waals surface area contributed by atoms with Crippen molar-refractivity contribution in [3.8, 4) is 0 Å². The summed E-state index contributed by atoms with van der Waals surface area (Å²) in [4.78, 5) is 8.62. The summed E-state index contributed by atoms with van der Waals surface area (Å²) in [6.07, 6.45) is 5.31. The number of nitrogens with zero attached hydrogens (tertiary/aromatic N) is 2. The minimum atomic E-state index is 0.901. The van der Waals surface area contributed by atoms with Gasteiger partial charge in [0.05, 0.1) is 10.2 Å². The Labute approximate surface area is 115 Å². The molecule has 0 fully saturated rings. The molecular formula is C15H13N3S. The van der Waals surface area contributed by atoms with Crippen LogP contribution in [0.15, 0.2) is 36.0 Å². The van der Waals surface area contributed by atoms with Crippen LogP contribution in [-0.2, 0) is 12.8 Å². The molecule has 1 aromatic carbocycles. The number of aryl methyl sites for hydroxylation is 2. The molecule has 0 unspecified atom stereocenters. The lowest BCUT2D eigenvalue weighted by Gasteiger charge is -2.08. The van der Waals surface area contributed by atoms with Crippen molar-refractivity contribution in [1.29, 1.82) is 0 Å². The van der Waals surface area contributed by atoms with Crippen LogP contribution in [0.5, 0.6) is 0 Å². The number of thiophene rings is 1. The number of fused-ring (bicyclic) bond motifs is 2. The maximum Gasteiger partial charge on any atom is 0.151 e. The predicted octanol–water partition coefficient (Wildman–Crippen LogP) is 3.92. The van der Waals surface area contributed by atoms with Crippen molar-refractivity contribution in [2.75, 3.05) is 5.32 Å². The second-order valence-electron chi connectivity index (χ2n) is 4.82. The molecule has 2 heterocycles. The van der Waals surface area contributed by atoms with Crippen molar-refractivity contribution >= 4 is 33.1 Å². The number of anilines is 2. The zero-order valence-electron chi connectivity index (χ0n) is 10.4. The van der Waals surface area contributed by atoms with Crippen molar-refractivity contribution < 1.29 is 0 Å². The molecule has 0 radical (unpaired) electrons. The van der Waals surface area contributed by atoms with Gasteiger partial charge in [-0.1, -0.05) is 6.07 Å². The highest BCUT2D eigenvalue weighted by Crippen LogP contribution is 2.30. The van der Waals surface area contributed by atoms with E-state index in [-0.39, 0.29) is 0 Å². The average molecular weight is 267 g/mol. The Kier molecular flexibility index (Phi) is 2.48. The minimum absolute atomic E-state index is 0.901. The minimum Gasteiger partial charge on any atom is -0.339 e. The van der Waals surface area contributed by atoms with E-state index in [1.807, 2.05) is 11.4 Å². The third-order valence-corrected chi connectivity index (χ3v) is 4.51. The van der Waals surface area contributed by atoms with Crippen molar-refractivity contribution in [3.05, 3.63) is 47.1 Å². The standard InChI is InChI=1S/C15H13N3S/c1-2-10-4-5-12(8-11(10)3-1)18-15-14-13(6-7-19-14)16-9-17-15/h4-9H,1-3H2,(H,16,17,18). The summed E-state index contributed by atoms with van der Waals surface area (Å²) in [5, 5.41) is 5.47. The lowest BCUT2D eigenvalue weighted by atomic mass is 10.1. The fraction of sp³-hybridized carbons (Fsp3) is 0.200. The first-order valence-corrected chi connectivity index (χ1v) is 7.35. The van der Waals surface area contributed by atoms with Gasteiger partial charge in [0, 0.05) is 5.69 Å². The molecule has 4 heteroatoms. The van der Waals surface area contributed by atoms with Crippen LogP contribution in [0.2, 0.25) is 0 Å². The molecule has 0 spiro atoms. The summed E-state index contributed by atoms with van der Waals surface area (Å²) >= 11 is 1.67. The SMILES string of the molecule is c1nc(Nc2ccc3c(c2)CCC3)c2sccc2n1. The smallest absolute Gasteiger partial charge is 0.151 e. The van der Waals surface area contributed by atoms with E-state index in [0.29, 0.717) is 0 Å². The Morgan fingerprint density at radius 2 is 2.00 bits per heavy atom. The molecule has 0 amide bonds. The molecule has 2 aromatic heterocycles. The van der Waals surface area contributed by atoms with Crippen molar-refractivity contribution in [3.63, 3.8) is 0 Å². The van der Waals surface area contributed by atoms with E-state index in [2.05, 4.69) is 33.5 Å². The summed E-state index contributed by atoms with van der Waals surface area (Å²) < 4.78 is 1.11. The summed E-state index contributed by atoms with van der Waals surface area (Å²) in [7, 11) is 0. The van der Waals surface area contributed by atoms with Crippen molar-refractivity contribution in [1.82, 2.24) is 9.97 Å². The van der Waals surface area contributed by atoms with Crippen LogP contribution in [-0.4, -0.2) is 9.97 Å². The topological polar surface area (TPSA) is 37.8 Å². The Morgan fingerprint density at radius 1 is 1.05 bits per heavy atom. The Balaban J connectivity index is 1.73. The molecule has 19 heavy (non-hydrogen) atoms.